The van der Waals surface area contributed by atoms with Crippen molar-refractivity contribution in [2.24, 2.45) is 0 Å². The van der Waals surface area contributed by atoms with Crippen LogP contribution in [0.2, 0.25) is 10.2 Å². The molecule has 1 amide bonds. The van der Waals surface area contributed by atoms with Crippen molar-refractivity contribution in [2.75, 3.05) is 13.1 Å². The van der Waals surface area contributed by atoms with Crippen LogP contribution in [-0.4, -0.2) is 37.2 Å². The first kappa shape index (κ1) is 23.3. The maximum atomic E-state index is 12.6. The second-order valence-corrected chi connectivity index (χ2v) is 9.50. The molecule has 2 aromatic carbocycles. The van der Waals surface area contributed by atoms with Gasteiger partial charge in [0.05, 0.1) is 22.7 Å². The third kappa shape index (κ3) is 5.65. The quantitative estimate of drug-likeness (QED) is 0.482. The van der Waals surface area contributed by atoms with Gasteiger partial charge < -0.3 is 5.32 Å². The fourth-order valence-corrected chi connectivity index (χ4v) is 4.50. The van der Waals surface area contributed by atoms with E-state index in [1.54, 1.807) is 25.1 Å². The highest BCUT2D eigenvalue weighted by molar-refractivity contribution is 7.89. The second-order valence-electron chi connectivity index (χ2n) is 6.97. The molecule has 0 saturated carbocycles. The molecule has 3 aromatic rings. The van der Waals surface area contributed by atoms with Gasteiger partial charge in [-0.1, -0.05) is 59.1 Å². The molecule has 10 heteroatoms. The Hall–Kier alpha value is -2.39. The van der Waals surface area contributed by atoms with Gasteiger partial charge in [-0.3, -0.25) is 4.79 Å². The Morgan fingerprint density at radius 3 is 2.39 bits per heavy atom. The van der Waals surface area contributed by atoms with Crippen LogP contribution in [0.4, 0.5) is 0 Å². The molecule has 0 fully saturated rings. The average Bonchev–Trinajstić information content (AvgIpc) is 3.00. The van der Waals surface area contributed by atoms with Crippen molar-refractivity contribution in [1.82, 2.24) is 19.8 Å². The summed E-state index contributed by atoms with van der Waals surface area (Å²) >= 11 is 12.6. The van der Waals surface area contributed by atoms with E-state index >= 15 is 0 Å². The molecule has 7 nitrogen and oxygen atoms in total. The van der Waals surface area contributed by atoms with Crippen LogP contribution in [0.15, 0.2) is 53.4 Å². The smallest absolute Gasteiger partial charge is 0.256 e. The Labute approximate surface area is 191 Å². The number of carbonyl (C=O) groups is 1. The standard InChI is InChI=1S/C21H22Cl2N4O3S/c1-14-7-9-17(10-8-14)31(29,30)25-12-11-24-21(28)19-15(2)26-27(20(19)23)13-16-5-3-4-6-18(16)22/h3-10,25H,11-13H2,1-2H3,(H,24,28). The molecule has 0 radical (unpaired) electrons. The first-order chi connectivity index (χ1) is 14.7. The van der Waals surface area contributed by atoms with E-state index in [-0.39, 0.29) is 28.7 Å². The van der Waals surface area contributed by atoms with Crippen molar-refractivity contribution in [2.45, 2.75) is 25.3 Å². The lowest BCUT2D eigenvalue weighted by Gasteiger charge is -2.09. The summed E-state index contributed by atoms with van der Waals surface area (Å²) in [4.78, 5) is 12.8. The van der Waals surface area contributed by atoms with E-state index in [9.17, 15) is 13.2 Å². The number of halogens is 2. The van der Waals surface area contributed by atoms with Gasteiger partial charge in [-0.25, -0.2) is 17.8 Å². The van der Waals surface area contributed by atoms with Crippen LogP contribution in [0.5, 0.6) is 0 Å². The number of aromatic nitrogens is 2. The number of benzene rings is 2. The molecule has 0 unspecified atom stereocenters. The zero-order chi connectivity index (χ0) is 22.6. The van der Waals surface area contributed by atoms with Gasteiger partial charge in [-0.05, 0) is 37.6 Å². The number of carbonyl (C=O) groups excluding carboxylic acids is 1. The van der Waals surface area contributed by atoms with Crippen molar-refractivity contribution in [1.29, 1.82) is 0 Å². The van der Waals surface area contributed by atoms with E-state index < -0.39 is 15.9 Å². The number of hydrogen-bond acceptors (Lipinski definition) is 4. The van der Waals surface area contributed by atoms with Crippen LogP contribution in [0.25, 0.3) is 0 Å². The molecule has 0 spiro atoms. The summed E-state index contributed by atoms with van der Waals surface area (Å²) < 4.78 is 28.6. The monoisotopic (exact) mass is 480 g/mol. The molecule has 1 aromatic heterocycles. The molecular weight excluding hydrogens is 459 g/mol. The third-order valence-electron chi connectivity index (χ3n) is 4.60. The Balaban J connectivity index is 1.60. The largest absolute Gasteiger partial charge is 0.351 e. The second kappa shape index (κ2) is 9.82. The number of nitrogens with one attached hydrogen (secondary N) is 2. The molecule has 0 atom stereocenters. The van der Waals surface area contributed by atoms with Crippen molar-refractivity contribution in [3.8, 4) is 0 Å². The highest BCUT2D eigenvalue weighted by Gasteiger charge is 2.21. The number of aryl methyl sites for hydroxylation is 2. The van der Waals surface area contributed by atoms with E-state index in [1.807, 2.05) is 25.1 Å². The van der Waals surface area contributed by atoms with Gasteiger partial charge in [0.1, 0.15) is 5.15 Å². The van der Waals surface area contributed by atoms with Gasteiger partial charge in [0.2, 0.25) is 10.0 Å². The number of amides is 1. The number of rotatable bonds is 8. The molecule has 0 aliphatic rings. The summed E-state index contributed by atoms with van der Waals surface area (Å²) in [7, 11) is -3.65. The van der Waals surface area contributed by atoms with Crippen molar-refractivity contribution in [3.63, 3.8) is 0 Å². The van der Waals surface area contributed by atoms with E-state index in [0.29, 0.717) is 17.3 Å². The number of nitrogens with zero attached hydrogens (tertiary/aromatic N) is 2. The van der Waals surface area contributed by atoms with E-state index in [4.69, 9.17) is 23.2 Å². The normalized spacial score (nSPS) is 11.5. The molecule has 31 heavy (non-hydrogen) atoms. The summed E-state index contributed by atoms with van der Waals surface area (Å²) in [6.07, 6.45) is 0. The van der Waals surface area contributed by atoms with Gasteiger partial charge in [-0.2, -0.15) is 5.10 Å². The summed E-state index contributed by atoms with van der Waals surface area (Å²) in [6, 6.07) is 13.8. The molecule has 164 valence electrons. The molecular formula is C21H22Cl2N4O3S. The average molecular weight is 481 g/mol. The van der Waals surface area contributed by atoms with Gasteiger partial charge in [0.25, 0.3) is 5.91 Å². The predicted octanol–water partition coefficient (Wildman–Crippen LogP) is 3.56. The summed E-state index contributed by atoms with van der Waals surface area (Å²) in [5.41, 5.74) is 2.50. The first-order valence-corrected chi connectivity index (χ1v) is 11.7. The SMILES string of the molecule is Cc1ccc(S(=O)(=O)NCCNC(=O)c2c(C)nn(Cc3ccccc3Cl)c2Cl)cc1. The fourth-order valence-electron chi connectivity index (χ4n) is 2.95. The van der Waals surface area contributed by atoms with Crippen LogP contribution in [0.1, 0.15) is 27.2 Å². The van der Waals surface area contributed by atoms with Crippen LogP contribution >= 0.6 is 23.2 Å². The van der Waals surface area contributed by atoms with Crippen LogP contribution < -0.4 is 10.0 Å². The minimum absolute atomic E-state index is 0.0341. The lowest BCUT2D eigenvalue weighted by atomic mass is 10.2. The van der Waals surface area contributed by atoms with Gasteiger partial charge in [0, 0.05) is 18.1 Å². The molecule has 0 aliphatic heterocycles. The van der Waals surface area contributed by atoms with Gasteiger partial charge in [0.15, 0.2) is 0 Å². The molecule has 0 bridgehead atoms. The Morgan fingerprint density at radius 2 is 1.71 bits per heavy atom. The van der Waals surface area contributed by atoms with E-state index in [0.717, 1.165) is 11.1 Å². The molecule has 3 rings (SSSR count). The Morgan fingerprint density at radius 1 is 1.03 bits per heavy atom. The van der Waals surface area contributed by atoms with Crippen molar-refractivity contribution in [3.05, 3.63) is 81.1 Å². The van der Waals surface area contributed by atoms with Crippen molar-refractivity contribution >= 4 is 39.1 Å². The lowest BCUT2D eigenvalue weighted by molar-refractivity contribution is 0.0954. The number of sulfonamides is 1. The zero-order valence-corrected chi connectivity index (χ0v) is 19.4. The van der Waals surface area contributed by atoms with Crippen molar-refractivity contribution < 1.29 is 13.2 Å². The van der Waals surface area contributed by atoms with E-state index in [1.165, 1.54) is 16.8 Å². The van der Waals surface area contributed by atoms with Crippen LogP contribution in [-0.2, 0) is 16.6 Å². The first-order valence-electron chi connectivity index (χ1n) is 9.50. The Kier molecular flexibility index (Phi) is 7.38. The summed E-state index contributed by atoms with van der Waals surface area (Å²) in [5.74, 6) is -0.428. The lowest BCUT2D eigenvalue weighted by Crippen LogP contribution is -2.35. The number of hydrogen-bond donors (Lipinski definition) is 2. The summed E-state index contributed by atoms with van der Waals surface area (Å²) in [6.45, 7) is 4.01. The topological polar surface area (TPSA) is 93.1 Å². The maximum absolute atomic E-state index is 12.6. The van der Waals surface area contributed by atoms with Gasteiger partial charge in [-0.15, -0.1) is 0 Å². The molecule has 2 N–H and O–H groups in total. The van der Waals surface area contributed by atoms with Crippen LogP contribution in [0, 0.1) is 13.8 Å². The maximum Gasteiger partial charge on any atom is 0.256 e. The molecule has 0 saturated heterocycles. The summed E-state index contributed by atoms with van der Waals surface area (Å²) in [5, 5.41) is 7.78. The minimum Gasteiger partial charge on any atom is -0.351 e. The predicted molar refractivity (Wildman–Crippen MR) is 121 cm³/mol. The van der Waals surface area contributed by atoms with E-state index in [2.05, 4.69) is 15.1 Å². The highest BCUT2D eigenvalue weighted by Crippen LogP contribution is 2.23. The van der Waals surface area contributed by atoms with Crippen LogP contribution in [0.3, 0.4) is 0 Å². The third-order valence-corrected chi connectivity index (χ3v) is 6.83. The molecule has 0 aliphatic carbocycles. The zero-order valence-electron chi connectivity index (χ0n) is 17.0. The Bertz CT molecular complexity index is 1190. The van der Waals surface area contributed by atoms with Gasteiger partial charge >= 0.3 is 0 Å². The molecule has 1 heterocycles. The highest BCUT2D eigenvalue weighted by atomic mass is 35.5. The fraction of sp³-hybridized carbons (Fsp3) is 0.238. The minimum atomic E-state index is -3.65.